The molecular formula is C15H30N2O3. The molecular weight excluding hydrogens is 256 g/mol. The third kappa shape index (κ3) is 7.38. The van der Waals surface area contributed by atoms with Gasteiger partial charge in [0, 0.05) is 11.2 Å². The Morgan fingerprint density at radius 3 is 1.85 bits per heavy atom. The molecule has 0 aliphatic rings. The zero-order valence-electron chi connectivity index (χ0n) is 14.0. The lowest BCUT2D eigenvalue weighted by molar-refractivity contribution is 0.0345. The van der Waals surface area contributed by atoms with E-state index in [0.717, 1.165) is 0 Å². The molecule has 0 aliphatic carbocycles. The van der Waals surface area contributed by atoms with E-state index in [1.165, 1.54) is 0 Å². The first-order valence-corrected chi connectivity index (χ1v) is 6.80. The lowest BCUT2D eigenvalue weighted by Crippen LogP contribution is -2.56. The number of ether oxygens (including phenoxy) is 1. The minimum Gasteiger partial charge on any atom is -0.444 e. The maximum absolute atomic E-state index is 11.8. The number of rotatable bonds is 4. The molecule has 1 atom stereocenters. The third-order valence-corrected chi connectivity index (χ3v) is 2.37. The first-order chi connectivity index (χ1) is 8.64. The van der Waals surface area contributed by atoms with E-state index in [0.29, 0.717) is 5.70 Å². The molecule has 5 heteroatoms. The summed E-state index contributed by atoms with van der Waals surface area (Å²) in [4.78, 5) is 11.8. The van der Waals surface area contributed by atoms with Gasteiger partial charge in [-0.1, -0.05) is 6.58 Å². The zero-order chi connectivity index (χ0) is 16.4. The van der Waals surface area contributed by atoms with Crippen LogP contribution in [-0.2, 0) is 4.74 Å². The van der Waals surface area contributed by atoms with E-state index >= 15 is 0 Å². The lowest BCUT2D eigenvalue weighted by atomic mass is 9.94. The van der Waals surface area contributed by atoms with Crippen molar-refractivity contribution in [1.29, 1.82) is 0 Å². The molecule has 1 amide bonds. The number of aliphatic hydroxyl groups excluding tert-OH is 1. The van der Waals surface area contributed by atoms with Gasteiger partial charge in [0.15, 0.2) is 0 Å². The van der Waals surface area contributed by atoms with Crippen molar-refractivity contribution in [2.24, 2.45) is 0 Å². The Hall–Kier alpha value is -1.23. The number of carbonyl (C=O) groups is 1. The highest BCUT2D eigenvalue weighted by molar-refractivity contribution is 5.68. The van der Waals surface area contributed by atoms with E-state index in [2.05, 4.69) is 17.2 Å². The molecule has 5 nitrogen and oxygen atoms in total. The average Bonchev–Trinajstić information content (AvgIpc) is 2.08. The second-order valence-corrected chi connectivity index (χ2v) is 7.65. The van der Waals surface area contributed by atoms with Crippen LogP contribution in [0.4, 0.5) is 4.79 Å². The first kappa shape index (κ1) is 18.8. The number of hydrogen-bond donors (Lipinski definition) is 3. The van der Waals surface area contributed by atoms with E-state index in [-0.39, 0.29) is 5.54 Å². The normalized spacial score (nSPS) is 14.4. The van der Waals surface area contributed by atoms with Gasteiger partial charge in [0.2, 0.25) is 0 Å². The molecule has 1 unspecified atom stereocenters. The molecule has 0 saturated carbocycles. The quantitative estimate of drug-likeness (QED) is 0.743. The second-order valence-electron chi connectivity index (χ2n) is 7.65. The van der Waals surface area contributed by atoms with Crippen molar-refractivity contribution in [3.05, 3.63) is 12.3 Å². The largest absolute Gasteiger partial charge is 0.444 e. The predicted octanol–water partition coefficient (Wildman–Crippen LogP) is 2.55. The SMILES string of the molecule is C=C(NC(C)(C)C)C(O)C(C)(C)NC(=O)OC(C)(C)C. The summed E-state index contributed by atoms with van der Waals surface area (Å²) in [5, 5.41) is 16.1. The highest BCUT2D eigenvalue weighted by atomic mass is 16.6. The molecule has 0 bridgehead atoms. The maximum Gasteiger partial charge on any atom is 0.408 e. The fourth-order valence-electron chi connectivity index (χ4n) is 1.62. The van der Waals surface area contributed by atoms with Gasteiger partial charge in [0.25, 0.3) is 0 Å². The first-order valence-electron chi connectivity index (χ1n) is 6.80. The summed E-state index contributed by atoms with van der Waals surface area (Å²) < 4.78 is 5.19. The minimum atomic E-state index is -0.936. The molecule has 0 aromatic heterocycles. The van der Waals surface area contributed by atoms with E-state index in [1.807, 2.05) is 20.8 Å². The van der Waals surface area contributed by atoms with Gasteiger partial charge < -0.3 is 20.5 Å². The molecule has 0 spiro atoms. The highest BCUT2D eigenvalue weighted by Crippen LogP contribution is 2.18. The summed E-state index contributed by atoms with van der Waals surface area (Å²) in [5.41, 5.74) is -1.22. The summed E-state index contributed by atoms with van der Waals surface area (Å²) in [6.07, 6.45) is -1.50. The van der Waals surface area contributed by atoms with E-state index in [9.17, 15) is 9.90 Å². The molecule has 0 fully saturated rings. The van der Waals surface area contributed by atoms with Gasteiger partial charge in [-0.15, -0.1) is 0 Å². The van der Waals surface area contributed by atoms with E-state index in [4.69, 9.17) is 4.74 Å². The molecule has 0 saturated heterocycles. The fourth-order valence-corrected chi connectivity index (χ4v) is 1.62. The molecule has 0 aliphatic heterocycles. The zero-order valence-corrected chi connectivity index (χ0v) is 14.0. The van der Waals surface area contributed by atoms with Gasteiger partial charge in [-0.3, -0.25) is 0 Å². The summed E-state index contributed by atoms with van der Waals surface area (Å²) >= 11 is 0. The van der Waals surface area contributed by atoms with Crippen LogP contribution in [0.2, 0.25) is 0 Å². The second kappa shape index (κ2) is 6.04. The van der Waals surface area contributed by atoms with Crippen molar-refractivity contribution in [3.8, 4) is 0 Å². The van der Waals surface area contributed by atoms with Crippen LogP contribution >= 0.6 is 0 Å². The number of hydrogen-bond acceptors (Lipinski definition) is 4. The van der Waals surface area contributed by atoms with Crippen molar-refractivity contribution < 1.29 is 14.6 Å². The topological polar surface area (TPSA) is 70.6 Å². The summed E-state index contributed by atoms with van der Waals surface area (Å²) in [5.74, 6) is 0. The molecule has 0 radical (unpaired) electrons. The van der Waals surface area contributed by atoms with Crippen LogP contribution in [0.25, 0.3) is 0 Å². The molecule has 0 heterocycles. The van der Waals surface area contributed by atoms with Gasteiger partial charge in [-0.25, -0.2) is 4.79 Å². The van der Waals surface area contributed by atoms with Crippen molar-refractivity contribution in [2.75, 3.05) is 0 Å². The third-order valence-electron chi connectivity index (χ3n) is 2.37. The smallest absolute Gasteiger partial charge is 0.408 e. The van der Waals surface area contributed by atoms with Crippen LogP contribution < -0.4 is 10.6 Å². The van der Waals surface area contributed by atoms with Crippen LogP contribution in [0.3, 0.4) is 0 Å². The lowest BCUT2D eigenvalue weighted by Gasteiger charge is -2.36. The number of nitrogens with one attached hydrogen (secondary N) is 2. The minimum absolute atomic E-state index is 0.208. The van der Waals surface area contributed by atoms with Crippen LogP contribution in [0.1, 0.15) is 55.4 Å². The molecule has 3 N–H and O–H groups in total. The highest BCUT2D eigenvalue weighted by Gasteiger charge is 2.34. The monoisotopic (exact) mass is 286 g/mol. The Balaban J connectivity index is 4.71. The van der Waals surface area contributed by atoms with Crippen LogP contribution in [0.15, 0.2) is 12.3 Å². The van der Waals surface area contributed by atoms with Gasteiger partial charge in [-0.05, 0) is 55.4 Å². The van der Waals surface area contributed by atoms with Gasteiger partial charge in [0.1, 0.15) is 11.7 Å². The number of carbonyl (C=O) groups excluding carboxylic acids is 1. The van der Waals surface area contributed by atoms with Gasteiger partial charge >= 0.3 is 6.09 Å². The maximum atomic E-state index is 11.8. The Morgan fingerprint density at radius 2 is 1.50 bits per heavy atom. The number of alkyl carbamates (subject to hydrolysis) is 1. The number of amides is 1. The van der Waals surface area contributed by atoms with Gasteiger partial charge in [-0.2, -0.15) is 0 Å². The van der Waals surface area contributed by atoms with Gasteiger partial charge in [0.05, 0.1) is 5.54 Å². The van der Waals surface area contributed by atoms with Crippen molar-refractivity contribution in [3.63, 3.8) is 0 Å². The molecule has 0 aromatic rings. The Morgan fingerprint density at radius 1 is 1.05 bits per heavy atom. The Bertz CT molecular complexity index is 362. The van der Waals surface area contributed by atoms with E-state index in [1.54, 1.807) is 34.6 Å². The summed E-state index contributed by atoms with van der Waals surface area (Å²) in [6, 6.07) is 0. The summed E-state index contributed by atoms with van der Waals surface area (Å²) in [7, 11) is 0. The van der Waals surface area contributed by atoms with Crippen LogP contribution in [0, 0.1) is 0 Å². The fraction of sp³-hybridized carbons (Fsp3) is 0.800. The Labute approximate surface area is 122 Å². The molecule has 0 rings (SSSR count). The van der Waals surface area contributed by atoms with Crippen LogP contribution in [-0.4, -0.2) is 34.0 Å². The van der Waals surface area contributed by atoms with Crippen molar-refractivity contribution in [2.45, 2.75) is 78.2 Å². The Kier molecular flexibility index (Phi) is 5.67. The molecule has 20 heavy (non-hydrogen) atoms. The summed E-state index contributed by atoms with van der Waals surface area (Å²) in [6.45, 7) is 18.6. The van der Waals surface area contributed by atoms with E-state index < -0.39 is 23.3 Å². The van der Waals surface area contributed by atoms with Crippen LogP contribution in [0.5, 0.6) is 0 Å². The predicted molar refractivity (Wildman–Crippen MR) is 81.5 cm³/mol. The van der Waals surface area contributed by atoms with Crippen molar-refractivity contribution in [1.82, 2.24) is 10.6 Å². The standard InChI is InChI=1S/C15H30N2O3/c1-10(16-13(2,3)4)11(18)15(8,9)17-12(19)20-14(5,6)7/h11,16,18H,1H2,2-9H3,(H,17,19). The van der Waals surface area contributed by atoms with Crippen molar-refractivity contribution >= 4 is 6.09 Å². The number of aliphatic hydroxyl groups is 1. The average molecular weight is 286 g/mol. The molecule has 118 valence electrons. The molecule has 0 aromatic carbocycles.